The van der Waals surface area contributed by atoms with E-state index >= 15 is 0 Å². The second-order valence-electron chi connectivity index (χ2n) is 4.13. The van der Waals surface area contributed by atoms with E-state index in [4.69, 9.17) is 9.84 Å². The molecule has 0 atom stereocenters. The van der Waals surface area contributed by atoms with Gasteiger partial charge >= 0.3 is 5.97 Å². The molecule has 0 aliphatic heterocycles. The number of hydrogen-bond acceptors (Lipinski definition) is 5. The van der Waals surface area contributed by atoms with Gasteiger partial charge in [0.25, 0.3) is 0 Å². The van der Waals surface area contributed by atoms with E-state index in [1.807, 2.05) is 6.92 Å². The molecular formula is C14H14FN3O3. The molecule has 2 aromatic rings. The second-order valence-corrected chi connectivity index (χ2v) is 4.13. The van der Waals surface area contributed by atoms with Gasteiger partial charge in [0.2, 0.25) is 0 Å². The van der Waals surface area contributed by atoms with Crippen molar-refractivity contribution in [2.45, 2.75) is 13.5 Å². The van der Waals surface area contributed by atoms with Crippen LogP contribution in [0, 0.1) is 5.82 Å². The number of carbonyl (C=O) groups is 1. The minimum atomic E-state index is -1.14. The van der Waals surface area contributed by atoms with E-state index < -0.39 is 5.97 Å². The number of carboxylic acid groups (broad SMARTS) is 1. The van der Waals surface area contributed by atoms with Gasteiger partial charge in [-0.25, -0.2) is 19.2 Å². The predicted molar refractivity (Wildman–Crippen MR) is 73.9 cm³/mol. The maximum atomic E-state index is 12.8. The molecule has 0 unspecified atom stereocenters. The highest BCUT2D eigenvalue weighted by Gasteiger charge is 2.10. The van der Waals surface area contributed by atoms with Gasteiger partial charge in [0.1, 0.15) is 24.0 Å². The van der Waals surface area contributed by atoms with Gasteiger partial charge in [0, 0.05) is 12.6 Å². The Balaban J connectivity index is 2.14. The Labute approximate surface area is 120 Å². The number of carboxylic acids is 1. The zero-order valence-electron chi connectivity index (χ0n) is 11.3. The van der Waals surface area contributed by atoms with Gasteiger partial charge in [-0.05, 0) is 31.2 Å². The van der Waals surface area contributed by atoms with Crippen LogP contribution in [0.4, 0.5) is 10.2 Å². The van der Waals surface area contributed by atoms with Crippen molar-refractivity contribution in [1.29, 1.82) is 0 Å². The molecule has 110 valence electrons. The third kappa shape index (κ3) is 4.13. The number of ether oxygens (including phenoxy) is 1. The number of halogens is 1. The molecule has 21 heavy (non-hydrogen) atoms. The van der Waals surface area contributed by atoms with Crippen molar-refractivity contribution in [3.8, 4) is 5.75 Å². The molecule has 0 aliphatic rings. The number of rotatable bonds is 6. The minimum Gasteiger partial charge on any atom is -0.486 e. The third-order valence-electron chi connectivity index (χ3n) is 2.53. The van der Waals surface area contributed by atoms with E-state index in [1.54, 1.807) is 0 Å². The van der Waals surface area contributed by atoms with Gasteiger partial charge in [-0.2, -0.15) is 0 Å². The molecule has 0 aliphatic carbocycles. The Bertz CT molecular complexity index is 632. The van der Waals surface area contributed by atoms with Crippen LogP contribution in [0.5, 0.6) is 5.75 Å². The molecule has 6 nitrogen and oxygen atoms in total. The van der Waals surface area contributed by atoms with Crippen LogP contribution in [0.2, 0.25) is 0 Å². The maximum Gasteiger partial charge on any atom is 0.354 e. The SMILES string of the molecule is CCNc1cc(C(=O)O)nc(COc2ccc(F)cc2)n1. The molecular weight excluding hydrogens is 277 g/mol. The highest BCUT2D eigenvalue weighted by atomic mass is 19.1. The van der Waals surface area contributed by atoms with Crippen LogP contribution in [0.3, 0.4) is 0 Å². The Morgan fingerprint density at radius 1 is 1.33 bits per heavy atom. The van der Waals surface area contributed by atoms with Crippen LogP contribution < -0.4 is 10.1 Å². The Kier molecular flexibility index (Phi) is 4.65. The lowest BCUT2D eigenvalue weighted by atomic mass is 10.3. The molecule has 2 N–H and O–H groups in total. The molecule has 1 aromatic carbocycles. The molecule has 0 saturated heterocycles. The molecule has 0 fully saturated rings. The first-order chi connectivity index (χ1) is 10.1. The summed E-state index contributed by atoms with van der Waals surface area (Å²) in [6, 6.07) is 6.85. The molecule has 0 amide bonds. The van der Waals surface area contributed by atoms with Gasteiger partial charge in [-0.1, -0.05) is 0 Å². The highest BCUT2D eigenvalue weighted by molar-refractivity contribution is 5.86. The van der Waals surface area contributed by atoms with E-state index in [0.29, 0.717) is 18.1 Å². The lowest BCUT2D eigenvalue weighted by Crippen LogP contribution is -2.11. The van der Waals surface area contributed by atoms with Crippen molar-refractivity contribution in [3.63, 3.8) is 0 Å². The van der Waals surface area contributed by atoms with Crippen molar-refractivity contribution < 1.29 is 19.0 Å². The van der Waals surface area contributed by atoms with Crippen LogP contribution in [0.1, 0.15) is 23.2 Å². The van der Waals surface area contributed by atoms with Crippen LogP contribution in [-0.4, -0.2) is 27.6 Å². The van der Waals surface area contributed by atoms with Crippen LogP contribution in [0.25, 0.3) is 0 Å². The molecule has 0 radical (unpaired) electrons. The normalized spacial score (nSPS) is 10.2. The quantitative estimate of drug-likeness (QED) is 0.849. The summed E-state index contributed by atoms with van der Waals surface area (Å²) in [4.78, 5) is 19.1. The lowest BCUT2D eigenvalue weighted by Gasteiger charge is -2.08. The average Bonchev–Trinajstić information content (AvgIpc) is 2.47. The lowest BCUT2D eigenvalue weighted by molar-refractivity contribution is 0.0689. The largest absolute Gasteiger partial charge is 0.486 e. The molecule has 0 saturated carbocycles. The van der Waals surface area contributed by atoms with Crippen LogP contribution >= 0.6 is 0 Å². The standard InChI is InChI=1S/C14H14FN3O3/c1-2-16-12-7-11(14(19)20)17-13(18-12)8-21-10-5-3-9(15)4-6-10/h3-7H,2,8H2,1H3,(H,19,20)(H,16,17,18). The van der Waals surface area contributed by atoms with Crippen molar-refractivity contribution >= 4 is 11.8 Å². The number of benzene rings is 1. The first-order valence-corrected chi connectivity index (χ1v) is 6.32. The average molecular weight is 291 g/mol. The van der Waals surface area contributed by atoms with Gasteiger partial charge in [0.15, 0.2) is 11.5 Å². The van der Waals surface area contributed by atoms with Crippen molar-refractivity contribution in [1.82, 2.24) is 9.97 Å². The fourth-order valence-electron chi connectivity index (χ4n) is 1.62. The van der Waals surface area contributed by atoms with Gasteiger partial charge in [-0.3, -0.25) is 0 Å². The predicted octanol–water partition coefficient (Wildman–Crippen LogP) is 2.32. The zero-order chi connectivity index (χ0) is 15.2. The van der Waals surface area contributed by atoms with Crippen LogP contribution in [0.15, 0.2) is 30.3 Å². The van der Waals surface area contributed by atoms with Gasteiger partial charge in [0.05, 0.1) is 0 Å². The first kappa shape index (κ1) is 14.7. The molecule has 0 bridgehead atoms. The third-order valence-corrected chi connectivity index (χ3v) is 2.53. The molecule has 1 aromatic heterocycles. The van der Waals surface area contributed by atoms with E-state index in [2.05, 4.69) is 15.3 Å². The number of aromatic nitrogens is 2. The van der Waals surface area contributed by atoms with Gasteiger partial charge < -0.3 is 15.2 Å². The number of nitrogens with one attached hydrogen (secondary N) is 1. The number of anilines is 1. The summed E-state index contributed by atoms with van der Waals surface area (Å²) in [6.45, 7) is 2.47. The summed E-state index contributed by atoms with van der Waals surface area (Å²) < 4.78 is 18.2. The summed E-state index contributed by atoms with van der Waals surface area (Å²) in [5.41, 5.74) is -0.112. The smallest absolute Gasteiger partial charge is 0.354 e. The summed E-state index contributed by atoms with van der Waals surface area (Å²) in [5, 5.41) is 11.9. The fraction of sp³-hybridized carbons (Fsp3) is 0.214. The fourth-order valence-corrected chi connectivity index (χ4v) is 1.62. The minimum absolute atomic E-state index is 0.00878. The summed E-state index contributed by atoms with van der Waals surface area (Å²) in [7, 11) is 0. The Morgan fingerprint density at radius 2 is 2.05 bits per heavy atom. The number of nitrogens with zero attached hydrogens (tertiary/aromatic N) is 2. The van der Waals surface area contributed by atoms with Crippen molar-refractivity contribution in [2.24, 2.45) is 0 Å². The number of aromatic carboxylic acids is 1. The van der Waals surface area contributed by atoms with E-state index in [1.165, 1.54) is 30.3 Å². The second kappa shape index (κ2) is 6.65. The summed E-state index contributed by atoms with van der Waals surface area (Å²) >= 11 is 0. The first-order valence-electron chi connectivity index (χ1n) is 6.32. The maximum absolute atomic E-state index is 12.8. The van der Waals surface area contributed by atoms with E-state index in [-0.39, 0.29) is 23.9 Å². The molecule has 7 heteroatoms. The van der Waals surface area contributed by atoms with E-state index in [9.17, 15) is 9.18 Å². The van der Waals surface area contributed by atoms with E-state index in [0.717, 1.165) is 0 Å². The van der Waals surface area contributed by atoms with Crippen molar-refractivity contribution in [3.05, 3.63) is 47.7 Å². The number of hydrogen-bond donors (Lipinski definition) is 2. The topological polar surface area (TPSA) is 84.3 Å². The molecule has 1 heterocycles. The zero-order valence-corrected chi connectivity index (χ0v) is 11.3. The summed E-state index contributed by atoms with van der Waals surface area (Å²) in [5.74, 6) is -0.399. The van der Waals surface area contributed by atoms with Gasteiger partial charge in [-0.15, -0.1) is 0 Å². The highest BCUT2D eigenvalue weighted by Crippen LogP contribution is 2.13. The van der Waals surface area contributed by atoms with Crippen LogP contribution in [-0.2, 0) is 6.61 Å². The van der Waals surface area contributed by atoms with Crippen molar-refractivity contribution in [2.75, 3.05) is 11.9 Å². The Morgan fingerprint density at radius 3 is 2.67 bits per heavy atom. The summed E-state index contributed by atoms with van der Waals surface area (Å²) in [6.07, 6.45) is 0. The molecule has 2 rings (SSSR count). The molecule has 0 spiro atoms. The Hall–Kier alpha value is -2.70. The monoisotopic (exact) mass is 291 g/mol.